The Morgan fingerprint density at radius 1 is 1.44 bits per heavy atom. The molecule has 0 spiro atoms. The molecule has 0 saturated carbocycles. The second-order valence-corrected chi connectivity index (χ2v) is 5.16. The van der Waals surface area contributed by atoms with Crippen molar-refractivity contribution in [1.29, 1.82) is 0 Å². The maximum absolute atomic E-state index is 13.0. The predicted molar refractivity (Wildman–Crippen MR) is 73.7 cm³/mol. The zero-order valence-electron chi connectivity index (χ0n) is 10.7. The van der Waals surface area contributed by atoms with Crippen LogP contribution in [0.5, 0.6) is 0 Å². The fourth-order valence-corrected chi connectivity index (χ4v) is 1.88. The van der Waals surface area contributed by atoms with Crippen LogP contribution >= 0.6 is 15.9 Å². The average Bonchev–Trinajstić information content (AvgIpc) is 2.32. The maximum atomic E-state index is 13.0. The van der Waals surface area contributed by atoms with E-state index in [1.165, 1.54) is 12.1 Å². The third-order valence-electron chi connectivity index (χ3n) is 2.57. The van der Waals surface area contributed by atoms with E-state index >= 15 is 0 Å². The molecule has 0 fully saturated rings. The van der Waals surface area contributed by atoms with Gasteiger partial charge in [-0.15, -0.1) is 0 Å². The Kier molecular flexibility index (Phi) is 6.29. The Bertz CT molecular complexity index is 410. The molecule has 1 aromatic rings. The lowest BCUT2D eigenvalue weighted by Crippen LogP contribution is -2.23. The molecular formula is C13H18BrFN2O. The van der Waals surface area contributed by atoms with Crippen LogP contribution < -0.4 is 5.32 Å². The Morgan fingerprint density at radius 2 is 2.17 bits per heavy atom. The molecule has 0 saturated heterocycles. The van der Waals surface area contributed by atoms with E-state index in [1.807, 2.05) is 0 Å². The van der Waals surface area contributed by atoms with E-state index in [9.17, 15) is 9.18 Å². The van der Waals surface area contributed by atoms with E-state index in [2.05, 4.69) is 21.2 Å². The maximum Gasteiger partial charge on any atom is 0.222 e. The zero-order chi connectivity index (χ0) is 13.5. The summed E-state index contributed by atoms with van der Waals surface area (Å²) in [5.41, 5.74) is 0.883. The van der Waals surface area contributed by atoms with Gasteiger partial charge in [-0.2, -0.15) is 0 Å². The van der Waals surface area contributed by atoms with Crippen molar-refractivity contribution in [3.05, 3.63) is 34.1 Å². The number of carbonyl (C=O) groups excluding carboxylic acids is 1. The number of hydrogen-bond acceptors (Lipinski definition) is 2. The number of benzene rings is 1. The van der Waals surface area contributed by atoms with Gasteiger partial charge in [-0.1, -0.05) is 15.9 Å². The quantitative estimate of drug-likeness (QED) is 0.818. The summed E-state index contributed by atoms with van der Waals surface area (Å²) < 4.78 is 13.9. The second kappa shape index (κ2) is 7.48. The summed E-state index contributed by atoms with van der Waals surface area (Å²) in [7, 11) is 3.50. The van der Waals surface area contributed by atoms with Crippen LogP contribution in [0.2, 0.25) is 0 Å². The van der Waals surface area contributed by atoms with Crippen LogP contribution in [0.25, 0.3) is 0 Å². The molecule has 0 unspecified atom stereocenters. The van der Waals surface area contributed by atoms with Crippen molar-refractivity contribution < 1.29 is 9.18 Å². The van der Waals surface area contributed by atoms with Gasteiger partial charge in [0.05, 0.1) is 0 Å². The van der Waals surface area contributed by atoms with E-state index in [1.54, 1.807) is 25.1 Å². The number of carbonyl (C=O) groups is 1. The summed E-state index contributed by atoms with van der Waals surface area (Å²) in [4.78, 5) is 12.9. The van der Waals surface area contributed by atoms with Gasteiger partial charge in [0.25, 0.3) is 0 Å². The fourth-order valence-electron chi connectivity index (χ4n) is 1.49. The molecule has 1 amide bonds. The highest BCUT2D eigenvalue weighted by molar-refractivity contribution is 9.10. The summed E-state index contributed by atoms with van der Waals surface area (Å²) in [6, 6.07) is 4.62. The number of hydrogen-bond donors (Lipinski definition) is 1. The molecular weight excluding hydrogens is 299 g/mol. The molecule has 1 N–H and O–H groups in total. The molecule has 3 nitrogen and oxygen atoms in total. The monoisotopic (exact) mass is 316 g/mol. The molecule has 0 heterocycles. The van der Waals surface area contributed by atoms with Crippen LogP contribution in [0.15, 0.2) is 22.7 Å². The van der Waals surface area contributed by atoms with Crippen molar-refractivity contribution in [2.75, 3.05) is 20.6 Å². The molecule has 0 aliphatic rings. The Balaban J connectivity index is 2.26. The third-order valence-corrected chi connectivity index (χ3v) is 3.34. The van der Waals surface area contributed by atoms with Crippen molar-refractivity contribution in [3.63, 3.8) is 0 Å². The second-order valence-electron chi connectivity index (χ2n) is 4.30. The molecule has 0 bridgehead atoms. The van der Waals surface area contributed by atoms with Crippen LogP contribution in [-0.4, -0.2) is 31.4 Å². The van der Waals surface area contributed by atoms with Gasteiger partial charge in [-0.25, -0.2) is 4.39 Å². The minimum atomic E-state index is -0.238. The molecule has 0 radical (unpaired) electrons. The molecule has 1 rings (SSSR count). The van der Waals surface area contributed by atoms with Gasteiger partial charge >= 0.3 is 0 Å². The van der Waals surface area contributed by atoms with Gasteiger partial charge in [0.2, 0.25) is 5.91 Å². The summed E-state index contributed by atoms with van der Waals surface area (Å²) in [5, 5.41) is 3.20. The molecule has 0 atom stereocenters. The third kappa shape index (κ3) is 5.14. The van der Waals surface area contributed by atoms with Crippen molar-refractivity contribution in [2.45, 2.75) is 19.4 Å². The normalized spacial score (nSPS) is 10.4. The van der Waals surface area contributed by atoms with Crippen molar-refractivity contribution in [3.8, 4) is 0 Å². The minimum absolute atomic E-state index is 0.128. The summed E-state index contributed by atoms with van der Waals surface area (Å²) >= 11 is 3.37. The highest BCUT2D eigenvalue weighted by atomic mass is 79.9. The molecule has 18 heavy (non-hydrogen) atoms. The Morgan fingerprint density at radius 3 is 2.83 bits per heavy atom. The van der Waals surface area contributed by atoms with Crippen molar-refractivity contribution in [2.24, 2.45) is 0 Å². The van der Waals surface area contributed by atoms with E-state index in [0.717, 1.165) is 23.0 Å². The predicted octanol–water partition coefficient (Wildman–Crippen LogP) is 2.55. The van der Waals surface area contributed by atoms with Crippen LogP contribution in [0.1, 0.15) is 18.4 Å². The smallest absolute Gasteiger partial charge is 0.222 e. The lowest BCUT2D eigenvalue weighted by Gasteiger charge is -2.10. The lowest BCUT2D eigenvalue weighted by atomic mass is 10.2. The first-order valence-electron chi connectivity index (χ1n) is 5.85. The first-order chi connectivity index (χ1) is 8.50. The van der Waals surface area contributed by atoms with E-state index in [4.69, 9.17) is 0 Å². The first kappa shape index (κ1) is 15.1. The number of nitrogens with zero attached hydrogens (tertiary/aromatic N) is 1. The fraction of sp³-hybridized carbons (Fsp3) is 0.462. The number of halogens is 2. The number of nitrogens with one attached hydrogen (secondary N) is 1. The molecule has 0 aromatic heterocycles. The minimum Gasteiger partial charge on any atom is -0.349 e. The highest BCUT2D eigenvalue weighted by Gasteiger charge is 2.04. The number of amides is 1. The van der Waals surface area contributed by atoms with Crippen LogP contribution in [0.4, 0.5) is 4.39 Å². The zero-order valence-corrected chi connectivity index (χ0v) is 12.3. The molecule has 1 aromatic carbocycles. The van der Waals surface area contributed by atoms with Gasteiger partial charge < -0.3 is 10.2 Å². The molecule has 0 aliphatic heterocycles. The summed E-state index contributed by atoms with van der Waals surface area (Å²) in [6.45, 7) is 1.33. The lowest BCUT2D eigenvalue weighted by molar-refractivity contribution is -0.128. The van der Waals surface area contributed by atoms with Crippen LogP contribution in [-0.2, 0) is 11.3 Å². The van der Waals surface area contributed by atoms with Gasteiger partial charge in [-0.3, -0.25) is 4.79 Å². The van der Waals surface area contributed by atoms with Gasteiger partial charge in [0.15, 0.2) is 0 Å². The number of rotatable bonds is 6. The Hall–Kier alpha value is -0.940. The average molecular weight is 317 g/mol. The van der Waals surface area contributed by atoms with Crippen molar-refractivity contribution in [1.82, 2.24) is 10.2 Å². The summed E-state index contributed by atoms with van der Waals surface area (Å²) in [6.07, 6.45) is 1.31. The van der Waals surface area contributed by atoms with Crippen LogP contribution in [0.3, 0.4) is 0 Å². The summed E-state index contributed by atoms with van der Waals surface area (Å²) in [5.74, 6) is -0.110. The standard InChI is InChI=1S/C13H18BrFN2O/c1-17(2)13(18)4-3-7-16-9-10-8-11(15)5-6-12(10)14/h5-6,8,16H,3-4,7,9H2,1-2H3. The molecule has 0 aliphatic carbocycles. The van der Waals surface area contributed by atoms with Crippen molar-refractivity contribution >= 4 is 21.8 Å². The first-order valence-corrected chi connectivity index (χ1v) is 6.65. The van der Waals surface area contributed by atoms with E-state index in [-0.39, 0.29) is 11.7 Å². The highest BCUT2D eigenvalue weighted by Crippen LogP contribution is 2.17. The van der Waals surface area contributed by atoms with Crippen LogP contribution in [0, 0.1) is 5.82 Å². The largest absolute Gasteiger partial charge is 0.349 e. The SMILES string of the molecule is CN(C)C(=O)CCCNCc1cc(F)ccc1Br. The van der Waals surface area contributed by atoms with Gasteiger partial charge in [0, 0.05) is 31.5 Å². The molecule has 100 valence electrons. The molecule has 5 heteroatoms. The van der Waals surface area contributed by atoms with E-state index in [0.29, 0.717) is 13.0 Å². The van der Waals surface area contributed by atoms with E-state index < -0.39 is 0 Å². The van der Waals surface area contributed by atoms with Gasteiger partial charge in [0.1, 0.15) is 5.82 Å². The van der Waals surface area contributed by atoms with Gasteiger partial charge in [-0.05, 0) is 36.7 Å². The Labute approximate surface area is 115 Å². The topological polar surface area (TPSA) is 32.3 Å².